The van der Waals surface area contributed by atoms with Crippen molar-refractivity contribution in [2.24, 2.45) is 0 Å². The Balaban J connectivity index is 1.82. The Morgan fingerprint density at radius 3 is 2.62 bits per heavy atom. The van der Waals surface area contributed by atoms with Gasteiger partial charge in [0.05, 0.1) is 23.3 Å². The number of hydrogen-bond donors (Lipinski definition) is 2. The van der Waals surface area contributed by atoms with Gasteiger partial charge in [-0.25, -0.2) is 13.1 Å². The van der Waals surface area contributed by atoms with Gasteiger partial charge in [-0.2, -0.15) is 5.10 Å². The lowest BCUT2D eigenvalue weighted by Gasteiger charge is -2.17. The van der Waals surface area contributed by atoms with E-state index in [-0.39, 0.29) is 23.8 Å². The standard InChI is InChI=1S/C20H31N5O3S/c1-5-24(6-2)11-12-25-15-18(14-21-25)23-20(26)9-10-22-29(27,28)19-13-16(3)7-8-17(19)4/h7-8,13-15,22H,5-6,9-12H2,1-4H3,(H,23,26). The highest BCUT2D eigenvalue weighted by molar-refractivity contribution is 7.89. The lowest BCUT2D eigenvalue weighted by molar-refractivity contribution is -0.116. The van der Waals surface area contributed by atoms with Crippen molar-refractivity contribution in [3.63, 3.8) is 0 Å². The van der Waals surface area contributed by atoms with Crippen molar-refractivity contribution in [1.29, 1.82) is 0 Å². The first-order valence-electron chi connectivity index (χ1n) is 9.86. The van der Waals surface area contributed by atoms with Gasteiger partial charge in [-0.1, -0.05) is 26.0 Å². The number of hydrogen-bond acceptors (Lipinski definition) is 5. The summed E-state index contributed by atoms with van der Waals surface area (Å²) >= 11 is 0. The summed E-state index contributed by atoms with van der Waals surface area (Å²) in [5.74, 6) is -0.267. The van der Waals surface area contributed by atoms with Gasteiger partial charge in [-0.05, 0) is 44.1 Å². The van der Waals surface area contributed by atoms with E-state index >= 15 is 0 Å². The Kier molecular flexibility index (Phi) is 8.36. The minimum atomic E-state index is -3.65. The lowest BCUT2D eigenvalue weighted by Crippen LogP contribution is -2.28. The van der Waals surface area contributed by atoms with Crippen LogP contribution in [0.4, 0.5) is 5.69 Å². The summed E-state index contributed by atoms with van der Waals surface area (Å²) in [5.41, 5.74) is 2.14. The van der Waals surface area contributed by atoms with E-state index < -0.39 is 10.0 Å². The van der Waals surface area contributed by atoms with Crippen molar-refractivity contribution in [1.82, 2.24) is 19.4 Å². The number of amides is 1. The zero-order valence-electron chi connectivity index (χ0n) is 17.6. The number of aryl methyl sites for hydroxylation is 2. The minimum absolute atomic E-state index is 0.0254. The van der Waals surface area contributed by atoms with Gasteiger partial charge in [0, 0.05) is 25.7 Å². The Hall–Kier alpha value is -2.23. The highest BCUT2D eigenvalue weighted by atomic mass is 32.2. The first-order valence-corrected chi connectivity index (χ1v) is 11.3. The topological polar surface area (TPSA) is 96.3 Å². The molecule has 1 aromatic carbocycles. The SMILES string of the molecule is CCN(CC)CCn1cc(NC(=O)CCNS(=O)(=O)c2cc(C)ccc2C)cn1. The van der Waals surface area contributed by atoms with Crippen LogP contribution < -0.4 is 10.0 Å². The second kappa shape index (κ2) is 10.5. The zero-order chi connectivity index (χ0) is 21.4. The fraction of sp³-hybridized carbons (Fsp3) is 0.500. The van der Waals surface area contributed by atoms with Crippen molar-refractivity contribution in [3.05, 3.63) is 41.7 Å². The minimum Gasteiger partial charge on any atom is -0.323 e. The molecule has 1 amide bonds. The van der Waals surface area contributed by atoms with E-state index in [2.05, 4.69) is 33.9 Å². The summed E-state index contributed by atoms with van der Waals surface area (Å²) < 4.78 is 29.2. The lowest BCUT2D eigenvalue weighted by atomic mass is 10.2. The number of benzene rings is 1. The van der Waals surface area contributed by atoms with E-state index in [1.165, 1.54) is 0 Å². The van der Waals surface area contributed by atoms with Gasteiger partial charge >= 0.3 is 0 Å². The molecule has 0 saturated carbocycles. The van der Waals surface area contributed by atoms with Crippen LogP contribution in [-0.4, -0.2) is 55.2 Å². The van der Waals surface area contributed by atoms with Crippen LogP contribution in [-0.2, 0) is 21.4 Å². The Morgan fingerprint density at radius 2 is 1.93 bits per heavy atom. The van der Waals surface area contributed by atoms with Crippen molar-refractivity contribution < 1.29 is 13.2 Å². The number of rotatable bonds is 11. The smallest absolute Gasteiger partial charge is 0.240 e. The van der Waals surface area contributed by atoms with E-state index in [1.54, 1.807) is 36.1 Å². The van der Waals surface area contributed by atoms with Gasteiger partial charge in [0.2, 0.25) is 15.9 Å². The van der Waals surface area contributed by atoms with E-state index in [4.69, 9.17) is 0 Å². The van der Waals surface area contributed by atoms with E-state index in [9.17, 15) is 13.2 Å². The first-order chi connectivity index (χ1) is 13.7. The maximum absolute atomic E-state index is 12.5. The molecular weight excluding hydrogens is 390 g/mol. The van der Waals surface area contributed by atoms with Gasteiger partial charge in [0.25, 0.3) is 0 Å². The fourth-order valence-corrected chi connectivity index (χ4v) is 4.29. The molecule has 0 bridgehead atoms. The molecule has 0 spiro atoms. The average molecular weight is 422 g/mol. The highest BCUT2D eigenvalue weighted by Gasteiger charge is 2.17. The number of sulfonamides is 1. The van der Waals surface area contributed by atoms with Gasteiger partial charge in [0.15, 0.2) is 0 Å². The molecule has 0 aliphatic carbocycles. The highest BCUT2D eigenvalue weighted by Crippen LogP contribution is 2.16. The second-order valence-electron chi connectivity index (χ2n) is 6.98. The summed E-state index contributed by atoms with van der Waals surface area (Å²) in [6.45, 7) is 11.5. The molecule has 2 aromatic rings. The zero-order valence-corrected chi connectivity index (χ0v) is 18.4. The molecule has 0 radical (unpaired) electrons. The number of carbonyl (C=O) groups excluding carboxylic acids is 1. The van der Waals surface area contributed by atoms with Crippen LogP contribution in [0.5, 0.6) is 0 Å². The number of carbonyl (C=O) groups is 1. The number of anilines is 1. The third kappa shape index (κ3) is 6.95. The molecule has 0 fully saturated rings. The molecule has 0 aliphatic rings. The van der Waals surface area contributed by atoms with Crippen molar-refractivity contribution in [3.8, 4) is 0 Å². The summed E-state index contributed by atoms with van der Waals surface area (Å²) in [5, 5.41) is 7.00. The molecule has 2 N–H and O–H groups in total. The molecular formula is C20H31N5O3S. The van der Waals surface area contributed by atoms with Crippen LogP contribution in [0.3, 0.4) is 0 Å². The van der Waals surface area contributed by atoms with E-state index in [0.29, 0.717) is 11.3 Å². The van der Waals surface area contributed by atoms with Gasteiger partial charge in [-0.3, -0.25) is 9.48 Å². The van der Waals surface area contributed by atoms with Crippen LogP contribution in [0.25, 0.3) is 0 Å². The average Bonchev–Trinajstić information content (AvgIpc) is 3.11. The predicted molar refractivity (Wildman–Crippen MR) is 114 cm³/mol. The largest absolute Gasteiger partial charge is 0.323 e. The molecule has 29 heavy (non-hydrogen) atoms. The number of nitrogens with one attached hydrogen (secondary N) is 2. The van der Waals surface area contributed by atoms with E-state index in [1.807, 2.05) is 13.0 Å². The quantitative estimate of drug-likeness (QED) is 0.580. The molecule has 1 heterocycles. The third-order valence-corrected chi connectivity index (χ3v) is 6.34. The van der Waals surface area contributed by atoms with Crippen molar-refractivity contribution in [2.75, 3.05) is 31.5 Å². The van der Waals surface area contributed by atoms with Crippen LogP contribution in [0.15, 0.2) is 35.5 Å². The normalized spacial score (nSPS) is 11.8. The van der Waals surface area contributed by atoms with E-state index in [0.717, 1.165) is 31.7 Å². The summed E-state index contributed by atoms with van der Waals surface area (Å²) in [4.78, 5) is 14.7. The summed E-state index contributed by atoms with van der Waals surface area (Å²) in [6.07, 6.45) is 3.41. The van der Waals surface area contributed by atoms with Crippen LogP contribution in [0, 0.1) is 13.8 Å². The number of aromatic nitrogens is 2. The fourth-order valence-electron chi connectivity index (χ4n) is 2.93. The Bertz CT molecular complexity index is 920. The molecule has 0 atom stereocenters. The third-order valence-electron chi connectivity index (χ3n) is 4.73. The molecule has 9 heteroatoms. The molecule has 160 valence electrons. The number of nitrogens with zero attached hydrogens (tertiary/aromatic N) is 3. The molecule has 0 aliphatic heterocycles. The Morgan fingerprint density at radius 1 is 1.21 bits per heavy atom. The first kappa shape index (κ1) is 23.1. The molecule has 2 rings (SSSR count). The van der Waals surface area contributed by atoms with Gasteiger partial charge < -0.3 is 10.2 Å². The van der Waals surface area contributed by atoms with Crippen LogP contribution >= 0.6 is 0 Å². The monoisotopic (exact) mass is 421 g/mol. The van der Waals surface area contributed by atoms with Crippen molar-refractivity contribution >= 4 is 21.6 Å². The molecule has 8 nitrogen and oxygen atoms in total. The summed E-state index contributed by atoms with van der Waals surface area (Å²) in [7, 11) is -3.65. The number of likely N-dealkylation sites (N-methyl/N-ethyl adjacent to an activating group) is 1. The van der Waals surface area contributed by atoms with Crippen molar-refractivity contribution in [2.45, 2.75) is 45.6 Å². The van der Waals surface area contributed by atoms with Crippen LogP contribution in [0.1, 0.15) is 31.4 Å². The molecule has 0 saturated heterocycles. The second-order valence-corrected chi connectivity index (χ2v) is 8.72. The molecule has 0 unspecified atom stereocenters. The van der Waals surface area contributed by atoms with Crippen LogP contribution in [0.2, 0.25) is 0 Å². The van der Waals surface area contributed by atoms with Gasteiger partial charge in [0.1, 0.15) is 0 Å². The maximum atomic E-state index is 12.5. The molecule has 1 aromatic heterocycles. The van der Waals surface area contributed by atoms with Gasteiger partial charge in [-0.15, -0.1) is 0 Å². The predicted octanol–water partition coefficient (Wildman–Crippen LogP) is 2.15. The maximum Gasteiger partial charge on any atom is 0.240 e. The summed E-state index contributed by atoms with van der Waals surface area (Å²) in [6, 6.07) is 5.27. The Labute approximate surface area is 173 Å².